The van der Waals surface area contributed by atoms with Gasteiger partial charge in [0.05, 0.1) is 0 Å². The Morgan fingerprint density at radius 3 is 2.35 bits per heavy atom. The Morgan fingerprint density at radius 1 is 1.00 bits per heavy atom. The van der Waals surface area contributed by atoms with Gasteiger partial charge in [0.25, 0.3) is 0 Å². The zero-order valence-electron chi connectivity index (χ0n) is 8.79. The fourth-order valence-corrected chi connectivity index (χ4v) is 1.72. The summed E-state index contributed by atoms with van der Waals surface area (Å²) in [6.45, 7) is 0. The van der Waals surface area contributed by atoms with Gasteiger partial charge >= 0.3 is 6.18 Å². The highest BCUT2D eigenvalue weighted by atomic mass is 19.4. The van der Waals surface area contributed by atoms with Crippen molar-refractivity contribution in [3.05, 3.63) is 48.0 Å². The molecule has 0 N–H and O–H groups in total. The van der Waals surface area contributed by atoms with E-state index >= 15 is 0 Å². The van der Waals surface area contributed by atoms with E-state index in [1.54, 1.807) is 42.5 Å². The first-order chi connectivity index (χ1) is 7.98. The topological polar surface area (TPSA) is 17.1 Å². The van der Waals surface area contributed by atoms with Crippen molar-refractivity contribution in [2.45, 2.75) is 12.6 Å². The van der Waals surface area contributed by atoms with E-state index in [2.05, 4.69) is 0 Å². The van der Waals surface area contributed by atoms with Crippen LogP contribution in [0.25, 0.3) is 10.8 Å². The van der Waals surface area contributed by atoms with Crippen molar-refractivity contribution in [1.29, 1.82) is 0 Å². The molecule has 88 valence electrons. The van der Waals surface area contributed by atoms with Crippen LogP contribution in [0.15, 0.2) is 42.5 Å². The number of rotatable bonds is 2. The lowest BCUT2D eigenvalue weighted by molar-refractivity contribution is -0.170. The van der Waals surface area contributed by atoms with Crippen molar-refractivity contribution in [2.24, 2.45) is 0 Å². The molecule has 0 bridgehead atoms. The Morgan fingerprint density at radius 2 is 1.65 bits per heavy atom. The van der Waals surface area contributed by atoms with Crippen molar-refractivity contribution >= 4 is 16.6 Å². The third kappa shape index (κ3) is 2.46. The number of hydrogen-bond acceptors (Lipinski definition) is 1. The molecule has 0 saturated heterocycles. The lowest BCUT2D eigenvalue weighted by Gasteiger charge is -2.07. The molecule has 0 aromatic heterocycles. The van der Waals surface area contributed by atoms with Crippen molar-refractivity contribution in [3.63, 3.8) is 0 Å². The van der Waals surface area contributed by atoms with Crippen LogP contribution in [0.1, 0.15) is 5.56 Å². The van der Waals surface area contributed by atoms with Gasteiger partial charge in [-0.2, -0.15) is 13.2 Å². The lowest BCUT2D eigenvalue weighted by atomic mass is 10.0. The third-order valence-corrected chi connectivity index (χ3v) is 2.55. The molecular weight excluding hydrogens is 229 g/mol. The monoisotopic (exact) mass is 238 g/mol. The first-order valence-electron chi connectivity index (χ1n) is 5.05. The molecule has 0 radical (unpaired) electrons. The summed E-state index contributed by atoms with van der Waals surface area (Å²) in [7, 11) is 0. The molecule has 0 amide bonds. The Hall–Kier alpha value is -1.84. The molecular formula is C13H9F3O. The molecule has 2 aromatic rings. The highest BCUT2D eigenvalue weighted by Crippen LogP contribution is 2.23. The predicted molar refractivity (Wildman–Crippen MR) is 58.7 cm³/mol. The Labute approximate surface area is 95.9 Å². The summed E-state index contributed by atoms with van der Waals surface area (Å²) < 4.78 is 36.6. The van der Waals surface area contributed by atoms with Crippen LogP contribution in [-0.2, 0) is 11.2 Å². The molecule has 0 spiro atoms. The van der Waals surface area contributed by atoms with Gasteiger partial charge in [-0.25, -0.2) is 0 Å². The van der Waals surface area contributed by atoms with Crippen LogP contribution in [0.2, 0.25) is 0 Å². The van der Waals surface area contributed by atoms with Gasteiger partial charge in [0.1, 0.15) is 0 Å². The standard InChI is InChI=1S/C13H9F3O/c14-13(15,16)12(17)8-10-6-3-5-9-4-1-2-7-11(9)10/h1-7H,8H2. The zero-order chi connectivity index (χ0) is 12.5. The molecule has 0 heterocycles. The molecule has 0 aliphatic heterocycles. The number of Topliss-reactive ketones (excluding diaryl/α,β-unsaturated/α-hetero) is 1. The van der Waals surface area contributed by atoms with Crippen molar-refractivity contribution in [2.75, 3.05) is 0 Å². The van der Waals surface area contributed by atoms with Crippen LogP contribution in [0.3, 0.4) is 0 Å². The van der Waals surface area contributed by atoms with Crippen molar-refractivity contribution in [3.8, 4) is 0 Å². The van der Waals surface area contributed by atoms with Crippen molar-refractivity contribution in [1.82, 2.24) is 0 Å². The van der Waals surface area contributed by atoms with E-state index in [9.17, 15) is 18.0 Å². The first-order valence-corrected chi connectivity index (χ1v) is 5.05. The lowest BCUT2D eigenvalue weighted by Crippen LogP contribution is -2.24. The van der Waals surface area contributed by atoms with E-state index in [0.717, 1.165) is 5.39 Å². The smallest absolute Gasteiger partial charge is 0.289 e. The summed E-state index contributed by atoms with van der Waals surface area (Å²) in [5.41, 5.74) is 0.408. The minimum atomic E-state index is -4.77. The van der Waals surface area contributed by atoms with E-state index in [-0.39, 0.29) is 0 Å². The highest BCUT2D eigenvalue weighted by Gasteiger charge is 2.37. The SMILES string of the molecule is O=C(Cc1cccc2ccccc12)C(F)(F)F. The Bertz CT molecular complexity index is 553. The van der Waals surface area contributed by atoms with Crippen LogP contribution in [0.4, 0.5) is 13.2 Å². The maximum atomic E-state index is 12.2. The minimum Gasteiger partial charge on any atom is -0.289 e. The maximum absolute atomic E-state index is 12.2. The maximum Gasteiger partial charge on any atom is 0.450 e. The summed E-state index contributed by atoms with van der Waals surface area (Å²) in [4.78, 5) is 11.0. The molecule has 0 saturated carbocycles. The summed E-state index contributed by atoms with van der Waals surface area (Å²) >= 11 is 0. The van der Waals surface area contributed by atoms with Gasteiger partial charge in [-0.15, -0.1) is 0 Å². The van der Waals surface area contributed by atoms with Crippen LogP contribution in [0, 0.1) is 0 Å². The first kappa shape index (κ1) is 11.6. The van der Waals surface area contributed by atoms with Crippen LogP contribution >= 0.6 is 0 Å². The molecule has 0 aliphatic rings. The van der Waals surface area contributed by atoms with E-state index in [4.69, 9.17) is 0 Å². The van der Waals surface area contributed by atoms with Gasteiger partial charge < -0.3 is 0 Å². The van der Waals surface area contributed by atoms with Gasteiger partial charge in [-0.1, -0.05) is 42.5 Å². The van der Waals surface area contributed by atoms with E-state index in [1.165, 1.54) is 0 Å². The van der Waals surface area contributed by atoms with E-state index in [0.29, 0.717) is 10.9 Å². The predicted octanol–water partition coefficient (Wildman–Crippen LogP) is 3.51. The molecule has 0 unspecified atom stereocenters. The van der Waals surface area contributed by atoms with E-state index < -0.39 is 18.4 Å². The average Bonchev–Trinajstić information content (AvgIpc) is 2.28. The Balaban J connectivity index is 2.40. The number of carbonyl (C=O) groups excluding carboxylic acids is 1. The molecule has 2 aromatic carbocycles. The second-order valence-corrected chi connectivity index (χ2v) is 3.74. The van der Waals surface area contributed by atoms with Gasteiger partial charge in [0, 0.05) is 6.42 Å². The quantitative estimate of drug-likeness (QED) is 0.782. The van der Waals surface area contributed by atoms with Gasteiger partial charge in [0.2, 0.25) is 5.78 Å². The summed E-state index contributed by atoms with van der Waals surface area (Å²) in [6.07, 6.45) is -5.37. The zero-order valence-corrected chi connectivity index (χ0v) is 8.79. The number of benzene rings is 2. The molecule has 0 fully saturated rings. The molecule has 17 heavy (non-hydrogen) atoms. The fraction of sp³-hybridized carbons (Fsp3) is 0.154. The number of hydrogen-bond donors (Lipinski definition) is 0. The van der Waals surface area contributed by atoms with Gasteiger partial charge in [-0.05, 0) is 16.3 Å². The number of fused-ring (bicyclic) bond motifs is 1. The van der Waals surface area contributed by atoms with Gasteiger partial charge in [-0.3, -0.25) is 4.79 Å². The second kappa shape index (κ2) is 4.20. The number of ketones is 1. The largest absolute Gasteiger partial charge is 0.450 e. The third-order valence-electron chi connectivity index (χ3n) is 2.55. The molecule has 4 heteroatoms. The highest BCUT2D eigenvalue weighted by molar-refractivity contribution is 5.92. The number of carbonyl (C=O) groups is 1. The molecule has 0 aliphatic carbocycles. The van der Waals surface area contributed by atoms with Crippen LogP contribution < -0.4 is 0 Å². The van der Waals surface area contributed by atoms with Crippen LogP contribution in [-0.4, -0.2) is 12.0 Å². The summed E-state index contributed by atoms with van der Waals surface area (Å²) in [6, 6.07) is 12.1. The fourth-order valence-electron chi connectivity index (χ4n) is 1.72. The van der Waals surface area contributed by atoms with Crippen LogP contribution in [0.5, 0.6) is 0 Å². The Kier molecular flexibility index (Phi) is 2.88. The van der Waals surface area contributed by atoms with E-state index in [1.807, 2.05) is 0 Å². The molecule has 0 atom stereocenters. The van der Waals surface area contributed by atoms with Crippen molar-refractivity contribution < 1.29 is 18.0 Å². The number of halogens is 3. The average molecular weight is 238 g/mol. The number of alkyl halides is 3. The summed E-state index contributed by atoms with van der Waals surface area (Å²) in [5.74, 6) is -1.71. The normalized spacial score (nSPS) is 11.7. The second-order valence-electron chi connectivity index (χ2n) is 3.74. The molecule has 1 nitrogen and oxygen atoms in total. The van der Waals surface area contributed by atoms with Gasteiger partial charge in [0.15, 0.2) is 0 Å². The summed E-state index contributed by atoms with van der Waals surface area (Å²) in [5, 5.41) is 1.52. The minimum absolute atomic E-state index is 0.408. The molecule has 2 rings (SSSR count).